The van der Waals surface area contributed by atoms with E-state index in [0.717, 1.165) is 17.9 Å². The fourth-order valence-corrected chi connectivity index (χ4v) is 2.40. The van der Waals surface area contributed by atoms with E-state index in [0.29, 0.717) is 0 Å². The second-order valence-electron chi connectivity index (χ2n) is 4.69. The lowest BCUT2D eigenvalue weighted by atomic mass is 10.1. The maximum Gasteiger partial charge on any atom is 0.127 e. The number of ether oxygens (including phenoxy) is 1. The molecule has 1 aliphatic heterocycles. The van der Waals surface area contributed by atoms with Gasteiger partial charge >= 0.3 is 0 Å². The predicted molar refractivity (Wildman–Crippen MR) is 68.4 cm³/mol. The summed E-state index contributed by atoms with van der Waals surface area (Å²) >= 11 is 0. The Bertz CT molecular complexity index is 357. The Hall–Kier alpha value is -1.22. The van der Waals surface area contributed by atoms with Crippen molar-refractivity contribution in [2.24, 2.45) is 0 Å². The van der Waals surface area contributed by atoms with Crippen molar-refractivity contribution < 1.29 is 9.84 Å². The molecule has 0 aromatic heterocycles. The van der Waals surface area contributed by atoms with E-state index in [9.17, 15) is 5.11 Å². The number of phenolic OH excluding ortho intramolecular Hbond substituents is 1. The molecule has 0 aliphatic carbocycles. The lowest BCUT2D eigenvalue weighted by Gasteiger charge is -2.21. The summed E-state index contributed by atoms with van der Waals surface area (Å²) in [4.78, 5) is 2.47. The SMILES string of the molecule is COc1cc(O)ccc1CN1CCCCCC1. The Morgan fingerprint density at radius 2 is 1.88 bits per heavy atom. The molecule has 1 saturated heterocycles. The summed E-state index contributed by atoms with van der Waals surface area (Å²) in [7, 11) is 1.65. The van der Waals surface area contributed by atoms with Gasteiger partial charge in [-0.15, -0.1) is 0 Å². The summed E-state index contributed by atoms with van der Waals surface area (Å²) in [5.74, 6) is 1.05. The zero-order chi connectivity index (χ0) is 12.1. The molecule has 1 heterocycles. The van der Waals surface area contributed by atoms with Crippen molar-refractivity contribution in [3.8, 4) is 11.5 Å². The van der Waals surface area contributed by atoms with Crippen LogP contribution in [0.3, 0.4) is 0 Å². The minimum Gasteiger partial charge on any atom is -0.508 e. The first-order valence-electron chi connectivity index (χ1n) is 6.38. The summed E-state index contributed by atoms with van der Waals surface area (Å²) < 4.78 is 5.31. The largest absolute Gasteiger partial charge is 0.508 e. The molecule has 1 fully saturated rings. The van der Waals surface area contributed by atoms with Crippen LogP contribution in [0.15, 0.2) is 18.2 Å². The van der Waals surface area contributed by atoms with Gasteiger partial charge in [-0.3, -0.25) is 4.90 Å². The van der Waals surface area contributed by atoms with Gasteiger partial charge in [-0.2, -0.15) is 0 Å². The Kier molecular flexibility index (Phi) is 4.26. The van der Waals surface area contributed by atoms with Gasteiger partial charge in [0.1, 0.15) is 11.5 Å². The number of methoxy groups -OCH3 is 1. The molecule has 94 valence electrons. The molecule has 0 atom stereocenters. The van der Waals surface area contributed by atoms with Gasteiger partial charge in [0.05, 0.1) is 7.11 Å². The van der Waals surface area contributed by atoms with Crippen molar-refractivity contribution in [2.45, 2.75) is 32.2 Å². The first kappa shape index (κ1) is 12.2. The summed E-state index contributed by atoms with van der Waals surface area (Å²) in [5.41, 5.74) is 1.16. The van der Waals surface area contributed by atoms with E-state index in [1.807, 2.05) is 6.07 Å². The molecule has 2 rings (SSSR count). The number of hydrogen-bond acceptors (Lipinski definition) is 3. The van der Waals surface area contributed by atoms with Crippen LogP contribution in [0.2, 0.25) is 0 Å². The molecule has 0 saturated carbocycles. The van der Waals surface area contributed by atoms with Gasteiger partial charge in [0, 0.05) is 18.2 Å². The van der Waals surface area contributed by atoms with Gasteiger partial charge < -0.3 is 9.84 Å². The second-order valence-corrected chi connectivity index (χ2v) is 4.69. The highest BCUT2D eigenvalue weighted by Crippen LogP contribution is 2.25. The molecule has 0 unspecified atom stereocenters. The molecule has 0 bridgehead atoms. The third kappa shape index (κ3) is 3.37. The van der Waals surface area contributed by atoms with Gasteiger partial charge in [-0.25, -0.2) is 0 Å². The van der Waals surface area contributed by atoms with Gasteiger partial charge in [-0.1, -0.05) is 18.9 Å². The van der Waals surface area contributed by atoms with E-state index in [2.05, 4.69) is 4.90 Å². The lowest BCUT2D eigenvalue weighted by molar-refractivity contribution is 0.271. The summed E-state index contributed by atoms with van der Waals surface area (Å²) in [6.07, 6.45) is 5.28. The highest BCUT2D eigenvalue weighted by molar-refractivity contribution is 5.39. The third-order valence-corrected chi connectivity index (χ3v) is 3.36. The molecule has 1 N–H and O–H groups in total. The summed E-state index contributed by atoms with van der Waals surface area (Å²) in [5, 5.41) is 9.43. The Balaban J connectivity index is 2.06. The molecule has 0 amide bonds. The molecule has 17 heavy (non-hydrogen) atoms. The van der Waals surface area contributed by atoms with Crippen LogP contribution < -0.4 is 4.74 Å². The maximum absolute atomic E-state index is 9.43. The van der Waals surface area contributed by atoms with Crippen LogP contribution in [0.1, 0.15) is 31.2 Å². The van der Waals surface area contributed by atoms with Gasteiger partial charge in [0.25, 0.3) is 0 Å². The van der Waals surface area contributed by atoms with Gasteiger partial charge in [0.15, 0.2) is 0 Å². The molecule has 1 aromatic rings. The van der Waals surface area contributed by atoms with Crippen molar-refractivity contribution in [2.75, 3.05) is 20.2 Å². The highest BCUT2D eigenvalue weighted by atomic mass is 16.5. The van der Waals surface area contributed by atoms with E-state index in [1.165, 1.54) is 38.8 Å². The number of nitrogens with zero attached hydrogens (tertiary/aromatic N) is 1. The molecular weight excluding hydrogens is 214 g/mol. The van der Waals surface area contributed by atoms with Crippen LogP contribution in [0.4, 0.5) is 0 Å². The number of rotatable bonds is 3. The molecule has 0 radical (unpaired) electrons. The first-order chi connectivity index (χ1) is 8.29. The minimum absolute atomic E-state index is 0.265. The summed E-state index contributed by atoms with van der Waals surface area (Å²) in [6.45, 7) is 3.26. The highest BCUT2D eigenvalue weighted by Gasteiger charge is 2.12. The molecule has 3 heteroatoms. The van der Waals surface area contributed by atoms with Crippen LogP contribution in [0.5, 0.6) is 11.5 Å². The topological polar surface area (TPSA) is 32.7 Å². The van der Waals surface area contributed by atoms with Crippen LogP contribution >= 0.6 is 0 Å². The van der Waals surface area contributed by atoms with Crippen molar-refractivity contribution >= 4 is 0 Å². The Morgan fingerprint density at radius 1 is 1.18 bits per heavy atom. The fraction of sp³-hybridized carbons (Fsp3) is 0.571. The lowest BCUT2D eigenvalue weighted by Crippen LogP contribution is -2.24. The zero-order valence-electron chi connectivity index (χ0n) is 10.5. The average Bonchev–Trinajstić information content (AvgIpc) is 2.60. The first-order valence-corrected chi connectivity index (χ1v) is 6.38. The Labute approximate surface area is 103 Å². The predicted octanol–water partition coefficient (Wildman–Crippen LogP) is 2.78. The van der Waals surface area contributed by atoms with Gasteiger partial charge in [-0.05, 0) is 32.0 Å². The number of benzene rings is 1. The molecule has 3 nitrogen and oxygen atoms in total. The third-order valence-electron chi connectivity index (χ3n) is 3.36. The van der Waals surface area contributed by atoms with Crippen LogP contribution in [0, 0.1) is 0 Å². The monoisotopic (exact) mass is 235 g/mol. The van der Waals surface area contributed by atoms with Crippen molar-refractivity contribution in [1.82, 2.24) is 4.90 Å². The van der Waals surface area contributed by atoms with Crippen molar-refractivity contribution in [3.05, 3.63) is 23.8 Å². The van der Waals surface area contributed by atoms with Gasteiger partial charge in [0.2, 0.25) is 0 Å². The van der Waals surface area contributed by atoms with Crippen LogP contribution in [0.25, 0.3) is 0 Å². The van der Waals surface area contributed by atoms with Crippen molar-refractivity contribution in [3.63, 3.8) is 0 Å². The van der Waals surface area contributed by atoms with E-state index < -0.39 is 0 Å². The number of likely N-dealkylation sites (tertiary alicyclic amines) is 1. The number of hydrogen-bond donors (Lipinski definition) is 1. The van der Waals surface area contributed by atoms with E-state index in [4.69, 9.17) is 4.74 Å². The molecule has 1 aliphatic rings. The standard InChI is InChI=1S/C14H21NO2/c1-17-14-10-13(16)7-6-12(14)11-15-8-4-2-3-5-9-15/h6-7,10,16H,2-5,8-9,11H2,1H3. The smallest absolute Gasteiger partial charge is 0.127 e. The van der Waals surface area contributed by atoms with Crippen molar-refractivity contribution in [1.29, 1.82) is 0 Å². The van der Waals surface area contributed by atoms with Crippen LogP contribution in [-0.4, -0.2) is 30.2 Å². The van der Waals surface area contributed by atoms with E-state index in [1.54, 1.807) is 19.2 Å². The molecule has 1 aromatic carbocycles. The Morgan fingerprint density at radius 3 is 2.53 bits per heavy atom. The maximum atomic E-state index is 9.43. The average molecular weight is 235 g/mol. The number of aromatic hydroxyl groups is 1. The normalized spacial score (nSPS) is 17.7. The molecule has 0 spiro atoms. The number of phenols is 1. The molecular formula is C14H21NO2. The fourth-order valence-electron chi connectivity index (χ4n) is 2.40. The quantitative estimate of drug-likeness (QED) is 0.874. The van der Waals surface area contributed by atoms with E-state index >= 15 is 0 Å². The summed E-state index contributed by atoms with van der Waals surface area (Å²) in [6, 6.07) is 5.38. The van der Waals surface area contributed by atoms with E-state index in [-0.39, 0.29) is 5.75 Å². The van der Waals surface area contributed by atoms with Crippen LogP contribution in [-0.2, 0) is 6.54 Å². The minimum atomic E-state index is 0.265. The zero-order valence-corrected chi connectivity index (χ0v) is 10.5. The second kappa shape index (κ2) is 5.92.